The molecular formula is C29H30N2O6S. The summed E-state index contributed by atoms with van der Waals surface area (Å²) in [5.41, 5.74) is 1.33. The van der Waals surface area contributed by atoms with Gasteiger partial charge in [0.1, 0.15) is 18.9 Å². The molecule has 1 N–H and O–H groups in total. The molecule has 0 aliphatic rings. The number of carbonyl (C=O) groups excluding carboxylic acids is 1. The van der Waals surface area contributed by atoms with E-state index in [1.165, 1.54) is 32.4 Å². The van der Waals surface area contributed by atoms with E-state index in [1.807, 2.05) is 49.4 Å². The molecule has 0 atom stereocenters. The molecule has 0 radical (unpaired) electrons. The second-order valence-electron chi connectivity index (χ2n) is 8.57. The van der Waals surface area contributed by atoms with Crippen LogP contribution in [0.4, 0.5) is 5.69 Å². The fourth-order valence-electron chi connectivity index (χ4n) is 3.93. The van der Waals surface area contributed by atoms with E-state index >= 15 is 0 Å². The van der Waals surface area contributed by atoms with E-state index in [-0.39, 0.29) is 23.8 Å². The third-order valence-corrected chi connectivity index (χ3v) is 7.74. The third-order valence-electron chi connectivity index (χ3n) is 5.97. The Morgan fingerprint density at radius 1 is 0.842 bits per heavy atom. The van der Waals surface area contributed by atoms with E-state index in [1.54, 1.807) is 24.3 Å². The van der Waals surface area contributed by atoms with Gasteiger partial charge in [0.2, 0.25) is 5.91 Å². The molecule has 0 aromatic heterocycles. The normalized spacial score (nSPS) is 11.1. The maximum atomic E-state index is 13.7. The molecule has 9 heteroatoms. The predicted octanol–water partition coefficient (Wildman–Crippen LogP) is 4.56. The van der Waals surface area contributed by atoms with Gasteiger partial charge in [-0.25, -0.2) is 8.42 Å². The van der Waals surface area contributed by atoms with Crippen molar-refractivity contribution in [3.05, 3.63) is 90.5 Å². The lowest BCUT2D eigenvalue weighted by Crippen LogP contribution is -2.41. The molecule has 4 rings (SSSR count). The van der Waals surface area contributed by atoms with E-state index in [4.69, 9.17) is 14.2 Å². The van der Waals surface area contributed by atoms with Crippen molar-refractivity contribution in [2.75, 3.05) is 38.2 Å². The number of ether oxygens (including phenoxy) is 3. The van der Waals surface area contributed by atoms with E-state index in [0.29, 0.717) is 17.2 Å². The summed E-state index contributed by atoms with van der Waals surface area (Å²) in [6.07, 6.45) is 0. The largest absolute Gasteiger partial charge is 0.493 e. The number of fused-ring (bicyclic) bond motifs is 1. The molecule has 4 aromatic rings. The second kappa shape index (κ2) is 11.9. The Balaban J connectivity index is 1.46. The van der Waals surface area contributed by atoms with Crippen molar-refractivity contribution in [2.45, 2.75) is 11.8 Å². The first-order chi connectivity index (χ1) is 18.3. The minimum atomic E-state index is -4.11. The van der Waals surface area contributed by atoms with Gasteiger partial charge in [0, 0.05) is 6.07 Å². The Bertz CT molecular complexity index is 1520. The molecule has 0 aliphatic heterocycles. The molecule has 0 bridgehead atoms. The predicted molar refractivity (Wildman–Crippen MR) is 148 cm³/mol. The number of sulfonamides is 1. The van der Waals surface area contributed by atoms with Crippen molar-refractivity contribution in [1.29, 1.82) is 0 Å². The maximum Gasteiger partial charge on any atom is 0.264 e. The highest BCUT2D eigenvalue weighted by molar-refractivity contribution is 7.92. The van der Waals surface area contributed by atoms with Crippen molar-refractivity contribution in [1.82, 2.24) is 5.32 Å². The fraction of sp³-hybridized carbons (Fsp3) is 0.207. The second-order valence-corrected chi connectivity index (χ2v) is 10.4. The first kappa shape index (κ1) is 26.8. The van der Waals surface area contributed by atoms with Crippen LogP contribution < -0.4 is 23.8 Å². The summed E-state index contributed by atoms with van der Waals surface area (Å²) in [6, 6.07) is 25.0. The Morgan fingerprint density at radius 2 is 1.55 bits per heavy atom. The van der Waals surface area contributed by atoms with Gasteiger partial charge in [-0.15, -0.1) is 0 Å². The summed E-state index contributed by atoms with van der Waals surface area (Å²) >= 11 is 0. The number of nitrogens with one attached hydrogen (secondary N) is 1. The summed E-state index contributed by atoms with van der Waals surface area (Å²) in [7, 11) is -1.21. The highest BCUT2D eigenvalue weighted by Gasteiger charge is 2.28. The van der Waals surface area contributed by atoms with Crippen LogP contribution in [0.2, 0.25) is 0 Å². The Hall–Kier alpha value is -4.24. The Labute approximate surface area is 222 Å². The molecule has 4 aromatic carbocycles. The van der Waals surface area contributed by atoms with Crippen LogP contribution in [0.3, 0.4) is 0 Å². The van der Waals surface area contributed by atoms with Gasteiger partial charge in [-0.2, -0.15) is 0 Å². The molecule has 0 heterocycles. The van der Waals surface area contributed by atoms with Crippen LogP contribution in [-0.2, 0) is 14.8 Å². The van der Waals surface area contributed by atoms with Crippen LogP contribution in [0.5, 0.6) is 17.2 Å². The van der Waals surface area contributed by atoms with E-state index in [2.05, 4.69) is 5.32 Å². The fourth-order valence-corrected chi connectivity index (χ4v) is 5.37. The summed E-state index contributed by atoms with van der Waals surface area (Å²) in [6.45, 7) is 1.94. The van der Waals surface area contributed by atoms with Crippen LogP contribution in [-0.4, -0.2) is 48.2 Å². The average molecular weight is 535 g/mol. The molecule has 0 unspecified atom stereocenters. The quantitative estimate of drug-likeness (QED) is 0.284. The smallest absolute Gasteiger partial charge is 0.264 e. The van der Waals surface area contributed by atoms with Crippen molar-refractivity contribution >= 4 is 32.4 Å². The molecule has 1 amide bonds. The third kappa shape index (κ3) is 6.18. The lowest BCUT2D eigenvalue weighted by molar-refractivity contribution is -0.119. The lowest BCUT2D eigenvalue weighted by Gasteiger charge is -2.24. The molecule has 0 saturated carbocycles. The monoisotopic (exact) mass is 534 g/mol. The number of carbonyl (C=O) groups is 1. The number of hydrogen-bond donors (Lipinski definition) is 1. The average Bonchev–Trinajstić information content (AvgIpc) is 2.94. The standard InChI is InChI=1S/C29H30N2O6S/c1-21-8-11-24(12-9-21)31(38(33,34)26-14-15-27(35-2)28(19-26)36-3)20-29(32)30-16-17-37-25-13-10-22-6-4-5-7-23(22)18-25/h4-15,18-19H,16-17,20H2,1-3H3,(H,30,32). The van der Waals surface area contributed by atoms with Gasteiger partial charge in [-0.05, 0) is 54.1 Å². The van der Waals surface area contributed by atoms with E-state index in [0.717, 1.165) is 20.6 Å². The number of rotatable bonds is 11. The van der Waals surface area contributed by atoms with Crippen LogP contribution in [0.25, 0.3) is 10.8 Å². The molecule has 0 aliphatic carbocycles. The van der Waals surface area contributed by atoms with E-state index in [9.17, 15) is 13.2 Å². The van der Waals surface area contributed by atoms with Crippen molar-refractivity contribution < 1.29 is 27.4 Å². The van der Waals surface area contributed by atoms with E-state index < -0.39 is 22.5 Å². The highest BCUT2D eigenvalue weighted by atomic mass is 32.2. The zero-order valence-corrected chi connectivity index (χ0v) is 22.3. The first-order valence-electron chi connectivity index (χ1n) is 12.0. The van der Waals surface area contributed by atoms with Gasteiger partial charge in [-0.3, -0.25) is 9.10 Å². The molecule has 0 fully saturated rings. The van der Waals surface area contributed by atoms with Gasteiger partial charge in [-0.1, -0.05) is 48.0 Å². The van der Waals surface area contributed by atoms with Crippen molar-refractivity contribution in [3.8, 4) is 17.2 Å². The molecule has 0 saturated heterocycles. The van der Waals surface area contributed by atoms with Crippen LogP contribution >= 0.6 is 0 Å². The lowest BCUT2D eigenvalue weighted by atomic mass is 10.1. The van der Waals surface area contributed by atoms with Crippen molar-refractivity contribution in [3.63, 3.8) is 0 Å². The number of benzene rings is 4. The topological polar surface area (TPSA) is 94.2 Å². The van der Waals surface area contributed by atoms with Gasteiger partial charge in [0.25, 0.3) is 10.0 Å². The number of methoxy groups -OCH3 is 2. The van der Waals surface area contributed by atoms with Gasteiger partial charge < -0.3 is 19.5 Å². The minimum absolute atomic E-state index is 0.0248. The molecule has 8 nitrogen and oxygen atoms in total. The number of anilines is 1. The highest BCUT2D eigenvalue weighted by Crippen LogP contribution is 2.32. The zero-order chi connectivity index (χ0) is 27.1. The Morgan fingerprint density at radius 3 is 2.26 bits per heavy atom. The molecule has 0 spiro atoms. The van der Waals surface area contributed by atoms with Gasteiger partial charge >= 0.3 is 0 Å². The maximum absolute atomic E-state index is 13.7. The number of hydrogen-bond acceptors (Lipinski definition) is 6. The summed E-state index contributed by atoms with van der Waals surface area (Å²) in [4.78, 5) is 12.8. The molecule has 198 valence electrons. The molecule has 38 heavy (non-hydrogen) atoms. The van der Waals surface area contributed by atoms with Gasteiger partial charge in [0.15, 0.2) is 11.5 Å². The first-order valence-corrected chi connectivity index (χ1v) is 13.5. The SMILES string of the molecule is COc1ccc(S(=O)(=O)N(CC(=O)NCCOc2ccc3ccccc3c2)c2ccc(C)cc2)cc1OC. The zero-order valence-electron chi connectivity index (χ0n) is 21.5. The minimum Gasteiger partial charge on any atom is -0.493 e. The van der Waals surface area contributed by atoms with Crippen molar-refractivity contribution in [2.24, 2.45) is 0 Å². The Kier molecular flexibility index (Phi) is 8.38. The summed E-state index contributed by atoms with van der Waals surface area (Å²) < 4.78 is 44.7. The summed E-state index contributed by atoms with van der Waals surface area (Å²) in [5, 5.41) is 4.92. The van der Waals surface area contributed by atoms with Crippen LogP contribution in [0.1, 0.15) is 5.56 Å². The summed E-state index contributed by atoms with van der Waals surface area (Å²) in [5.74, 6) is 0.900. The molecular weight excluding hydrogens is 504 g/mol. The van der Waals surface area contributed by atoms with Crippen LogP contribution in [0.15, 0.2) is 89.8 Å². The number of nitrogens with zero attached hydrogens (tertiary/aromatic N) is 1. The van der Waals surface area contributed by atoms with Crippen LogP contribution in [0, 0.1) is 6.92 Å². The van der Waals surface area contributed by atoms with Gasteiger partial charge in [0.05, 0.1) is 31.3 Å². The number of amides is 1. The number of aryl methyl sites for hydroxylation is 1.